The molecular weight excluding hydrogens is 224 g/mol. The van der Waals surface area contributed by atoms with E-state index in [-0.39, 0.29) is 5.60 Å². The van der Waals surface area contributed by atoms with Crippen LogP contribution in [0.5, 0.6) is 0 Å². The highest BCUT2D eigenvalue weighted by Crippen LogP contribution is 2.28. The lowest BCUT2D eigenvalue weighted by molar-refractivity contribution is -0.0632. The number of nitrogens with zero attached hydrogens (tertiary/aromatic N) is 1. The van der Waals surface area contributed by atoms with Crippen molar-refractivity contribution >= 4 is 0 Å². The number of nitrogens with two attached hydrogens (primary N) is 1. The third-order valence-electron chi connectivity index (χ3n) is 4.72. The summed E-state index contributed by atoms with van der Waals surface area (Å²) in [5, 5.41) is 0. The molecule has 108 valence electrons. The van der Waals surface area contributed by atoms with Crippen molar-refractivity contribution in [3.05, 3.63) is 0 Å². The fourth-order valence-electron chi connectivity index (χ4n) is 2.95. The molecule has 0 heterocycles. The highest BCUT2D eigenvalue weighted by molar-refractivity contribution is 4.90. The molecule has 0 spiro atoms. The maximum Gasteiger partial charge on any atom is 0.0774 e. The SMILES string of the molecule is CCCN(C1CCC(N)CC1)C(C)C(C)(C)OC. The van der Waals surface area contributed by atoms with Crippen molar-refractivity contribution in [3.8, 4) is 0 Å². The Hall–Kier alpha value is -0.120. The summed E-state index contributed by atoms with van der Waals surface area (Å²) in [5.74, 6) is 0. The van der Waals surface area contributed by atoms with Crippen LogP contribution in [0.1, 0.15) is 59.8 Å². The van der Waals surface area contributed by atoms with Crippen molar-refractivity contribution in [1.29, 1.82) is 0 Å². The molecule has 0 bridgehead atoms. The lowest BCUT2D eigenvalue weighted by Gasteiger charge is -2.45. The van der Waals surface area contributed by atoms with Crippen LogP contribution in [0.15, 0.2) is 0 Å². The maximum absolute atomic E-state index is 6.02. The van der Waals surface area contributed by atoms with Gasteiger partial charge in [0.2, 0.25) is 0 Å². The van der Waals surface area contributed by atoms with E-state index < -0.39 is 0 Å². The number of hydrogen-bond donors (Lipinski definition) is 1. The van der Waals surface area contributed by atoms with Gasteiger partial charge in [0.15, 0.2) is 0 Å². The van der Waals surface area contributed by atoms with Crippen LogP contribution >= 0.6 is 0 Å². The van der Waals surface area contributed by atoms with Crippen LogP contribution in [-0.2, 0) is 4.74 Å². The summed E-state index contributed by atoms with van der Waals surface area (Å²) in [6.45, 7) is 10.1. The Balaban J connectivity index is 2.69. The fourth-order valence-corrected chi connectivity index (χ4v) is 2.95. The molecular formula is C15H32N2O. The molecule has 1 aliphatic carbocycles. The smallest absolute Gasteiger partial charge is 0.0774 e. The predicted molar refractivity (Wildman–Crippen MR) is 77.8 cm³/mol. The van der Waals surface area contributed by atoms with Crippen molar-refractivity contribution < 1.29 is 4.74 Å². The van der Waals surface area contributed by atoms with E-state index in [0.29, 0.717) is 18.1 Å². The van der Waals surface area contributed by atoms with Crippen LogP contribution in [0.25, 0.3) is 0 Å². The Labute approximate surface area is 113 Å². The monoisotopic (exact) mass is 256 g/mol. The highest BCUT2D eigenvalue weighted by atomic mass is 16.5. The molecule has 2 N–H and O–H groups in total. The molecule has 0 amide bonds. The normalized spacial score (nSPS) is 27.5. The summed E-state index contributed by atoms with van der Waals surface area (Å²) in [4.78, 5) is 2.65. The largest absolute Gasteiger partial charge is 0.377 e. The van der Waals surface area contributed by atoms with E-state index in [2.05, 4.69) is 32.6 Å². The lowest BCUT2D eigenvalue weighted by atomic mass is 9.87. The van der Waals surface area contributed by atoms with Crippen molar-refractivity contribution in [2.45, 2.75) is 83.5 Å². The number of hydrogen-bond acceptors (Lipinski definition) is 3. The summed E-state index contributed by atoms with van der Waals surface area (Å²) in [6.07, 6.45) is 6.03. The Morgan fingerprint density at radius 1 is 1.28 bits per heavy atom. The first-order valence-electron chi connectivity index (χ1n) is 7.48. The van der Waals surface area contributed by atoms with Crippen LogP contribution in [0.4, 0.5) is 0 Å². The van der Waals surface area contributed by atoms with E-state index in [1.54, 1.807) is 0 Å². The standard InChI is InChI=1S/C15H32N2O/c1-6-11-17(12(2)15(3,4)18-5)14-9-7-13(16)8-10-14/h12-14H,6-11,16H2,1-5H3. The first kappa shape index (κ1) is 15.9. The van der Waals surface area contributed by atoms with Gasteiger partial charge in [0.05, 0.1) is 5.60 Å². The molecule has 18 heavy (non-hydrogen) atoms. The van der Waals surface area contributed by atoms with Gasteiger partial charge in [-0.2, -0.15) is 0 Å². The summed E-state index contributed by atoms with van der Waals surface area (Å²) in [5.41, 5.74) is 5.93. The Bertz CT molecular complexity index is 235. The van der Waals surface area contributed by atoms with Crippen molar-refractivity contribution in [2.75, 3.05) is 13.7 Å². The number of rotatable bonds is 6. The average Bonchev–Trinajstić information content (AvgIpc) is 2.36. The molecule has 0 aliphatic heterocycles. The van der Waals surface area contributed by atoms with E-state index in [9.17, 15) is 0 Å². The van der Waals surface area contributed by atoms with Crippen LogP contribution in [0.3, 0.4) is 0 Å². The van der Waals surface area contributed by atoms with Gasteiger partial charge in [0.25, 0.3) is 0 Å². The van der Waals surface area contributed by atoms with Crippen LogP contribution < -0.4 is 5.73 Å². The topological polar surface area (TPSA) is 38.5 Å². The molecule has 0 aromatic rings. The van der Waals surface area contributed by atoms with Gasteiger partial charge < -0.3 is 10.5 Å². The minimum absolute atomic E-state index is 0.0886. The summed E-state index contributed by atoms with van der Waals surface area (Å²) >= 11 is 0. The molecule has 1 rings (SSSR count). The van der Waals surface area contributed by atoms with Crippen molar-refractivity contribution in [1.82, 2.24) is 4.90 Å². The molecule has 0 aromatic heterocycles. The Morgan fingerprint density at radius 3 is 2.28 bits per heavy atom. The molecule has 0 aromatic carbocycles. The molecule has 1 saturated carbocycles. The highest BCUT2D eigenvalue weighted by Gasteiger charge is 2.35. The van der Waals surface area contributed by atoms with Crippen LogP contribution in [-0.4, -0.2) is 42.3 Å². The van der Waals surface area contributed by atoms with Crippen LogP contribution in [0.2, 0.25) is 0 Å². The van der Waals surface area contributed by atoms with Gasteiger partial charge in [0.1, 0.15) is 0 Å². The molecule has 1 aliphatic rings. The first-order chi connectivity index (χ1) is 8.42. The first-order valence-corrected chi connectivity index (χ1v) is 7.48. The zero-order valence-electron chi connectivity index (χ0n) is 12.9. The minimum atomic E-state index is -0.0886. The molecule has 3 heteroatoms. The van der Waals surface area contributed by atoms with E-state index in [1.165, 1.54) is 32.1 Å². The quantitative estimate of drug-likeness (QED) is 0.794. The lowest BCUT2D eigenvalue weighted by Crippen LogP contribution is -2.54. The Kier molecular flexibility index (Phi) is 6.09. The van der Waals surface area contributed by atoms with E-state index in [4.69, 9.17) is 10.5 Å². The van der Waals surface area contributed by atoms with Gasteiger partial charge in [-0.1, -0.05) is 6.92 Å². The molecule has 0 radical (unpaired) electrons. The zero-order valence-corrected chi connectivity index (χ0v) is 12.9. The van der Waals surface area contributed by atoms with Gasteiger partial charge in [-0.25, -0.2) is 0 Å². The van der Waals surface area contributed by atoms with E-state index in [1.807, 2.05) is 7.11 Å². The second-order valence-corrected chi connectivity index (χ2v) is 6.29. The molecule has 1 unspecified atom stereocenters. The summed E-state index contributed by atoms with van der Waals surface area (Å²) in [6, 6.07) is 1.56. The summed E-state index contributed by atoms with van der Waals surface area (Å²) in [7, 11) is 1.82. The molecule has 1 fully saturated rings. The third-order valence-corrected chi connectivity index (χ3v) is 4.72. The average molecular weight is 256 g/mol. The van der Waals surface area contributed by atoms with E-state index >= 15 is 0 Å². The Morgan fingerprint density at radius 2 is 1.83 bits per heavy atom. The van der Waals surface area contributed by atoms with Gasteiger partial charge in [-0.15, -0.1) is 0 Å². The number of methoxy groups -OCH3 is 1. The van der Waals surface area contributed by atoms with Gasteiger partial charge in [-0.05, 0) is 59.4 Å². The second-order valence-electron chi connectivity index (χ2n) is 6.29. The molecule has 3 nitrogen and oxygen atoms in total. The van der Waals surface area contributed by atoms with Crippen LogP contribution in [0, 0.1) is 0 Å². The minimum Gasteiger partial charge on any atom is -0.377 e. The fraction of sp³-hybridized carbons (Fsp3) is 1.00. The number of ether oxygens (including phenoxy) is 1. The van der Waals surface area contributed by atoms with Gasteiger partial charge >= 0.3 is 0 Å². The molecule has 1 atom stereocenters. The summed E-state index contributed by atoms with van der Waals surface area (Å²) < 4.78 is 5.67. The van der Waals surface area contributed by atoms with Gasteiger partial charge in [-0.3, -0.25) is 4.90 Å². The van der Waals surface area contributed by atoms with Gasteiger partial charge in [0, 0.05) is 25.2 Å². The predicted octanol–water partition coefficient (Wildman–Crippen LogP) is 2.78. The van der Waals surface area contributed by atoms with E-state index in [0.717, 1.165) is 6.54 Å². The maximum atomic E-state index is 6.02. The van der Waals surface area contributed by atoms with Crippen molar-refractivity contribution in [3.63, 3.8) is 0 Å². The van der Waals surface area contributed by atoms with Crippen molar-refractivity contribution in [2.24, 2.45) is 5.73 Å². The zero-order chi connectivity index (χ0) is 13.8. The third kappa shape index (κ3) is 3.94. The molecule has 0 saturated heterocycles. The second kappa shape index (κ2) is 6.88.